The van der Waals surface area contributed by atoms with Gasteiger partial charge in [0.25, 0.3) is 0 Å². The first-order valence-electron chi connectivity index (χ1n) is 25.0. The van der Waals surface area contributed by atoms with Gasteiger partial charge in [0.15, 0.2) is 6.10 Å². The van der Waals surface area contributed by atoms with E-state index in [9.17, 15) is 14.4 Å². The molecule has 0 spiro atoms. The Labute approximate surface area is 359 Å². The molecule has 0 saturated carbocycles. The van der Waals surface area contributed by atoms with Gasteiger partial charge in [0.1, 0.15) is 13.2 Å². The van der Waals surface area contributed by atoms with E-state index in [1.807, 2.05) is 6.08 Å². The summed E-state index contributed by atoms with van der Waals surface area (Å²) in [5, 5.41) is 0. The molecule has 0 amide bonds. The maximum atomic E-state index is 12.7. The molecular formula is C52H94O6. The minimum absolute atomic E-state index is 0.0946. The van der Waals surface area contributed by atoms with Crippen molar-refractivity contribution < 1.29 is 28.6 Å². The zero-order chi connectivity index (χ0) is 42.3. The molecule has 0 aromatic rings. The highest BCUT2D eigenvalue weighted by Crippen LogP contribution is 2.16. The minimum atomic E-state index is -0.800. The summed E-state index contributed by atoms with van der Waals surface area (Å²) in [5.74, 6) is -1.01. The van der Waals surface area contributed by atoms with E-state index in [0.717, 1.165) is 57.8 Å². The van der Waals surface area contributed by atoms with Crippen LogP contribution in [0.25, 0.3) is 0 Å². The van der Waals surface area contributed by atoms with Gasteiger partial charge in [0, 0.05) is 12.8 Å². The number of hydrogen-bond acceptors (Lipinski definition) is 6. The Balaban J connectivity index is 4.33. The van der Waals surface area contributed by atoms with E-state index in [-0.39, 0.29) is 31.6 Å². The lowest BCUT2D eigenvalue weighted by Crippen LogP contribution is -2.30. The van der Waals surface area contributed by atoms with Crippen LogP contribution >= 0.6 is 0 Å². The first kappa shape index (κ1) is 55.6. The fourth-order valence-corrected chi connectivity index (χ4v) is 7.21. The van der Waals surface area contributed by atoms with Gasteiger partial charge < -0.3 is 14.2 Å². The van der Waals surface area contributed by atoms with E-state index in [2.05, 4.69) is 45.1 Å². The molecule has 0 fully saturated rings. The van der Waals surface area contributed by atoms with Gasteiger partial charge in [-0.1, -0.05) is 243 Å². The predicted octanol–water partition coefficient (Wildman–Crippen LogP) is 16.1. The fourth-order valence-electron chi connectivity index (χ4n) is 7.21. The first-order chi connectivity index (χ1) is 28.5. The lowest BCUT2D eigenvalue weighted by molar-refractivity contribution is -0.166. The normalized spacial score (nSPS) is 12.3. The van der Waals surface area contributed by atoms with Crippen LogP contribution < -0.4 is 0 Å². The van der Waals surface area contributed by atoms with Crippen molar-refractivity contribution >= 4 is 17.9 Å². The Kier molecular flexibility index (Phi) is 45.4. The molecule has 0 aliphatic heterocycles. The molecule has 1 atom stereocenters. The summed E-state index contributed by atoms with van der Waals surface area (Å²) in [5.41, 5.74) is 0. The Morgan fingerprint density at radius 3 is 1.05 bits per heavy atom. The summed E-state index contributed by atoms with van der Waals surface area (Å²) < 4.78 is 16.6. The summed E-state index contributed by atoms with van der Waals surface area (Å²) in [6.45, 7) is 6.45. The second kappa shape index (κ2) is 47.3. The SMILES string of the molecule is CC/C=C\C/C=C\C/C=C\CC(=O)OCC(COC(=O)CCCCCCCCCCCCCCCCCC)OC(=O)CCCCCCCCCCCCCCCCC. The van der Waals surface area contributed by atoms with Crippen LogP contribution in [0.5, 0.6) is 0 Å². The monoisotopic (exact) mass is 815 g/mol. The molecule has 0 radical (unpaired) electrons. The minimum Gasteiger partial charge on any atom is -0.462 e. The Morgan fingerprint density at radius 1 is 0.362 bits per heavy atom. The second-order valence-corrected chi connectivity index (χ2v) is 16.7. The molecule has 6 heteroatoms. The quantitative estimate of drug-likeness (QED) is 0.0264. The fraction of sp³-hybridized carbons (Fsp3) is 0.827. The summed E-state index contributed by atoms with van der Waals surface area (Å²) in [6, 6.07) is 0. The van der Waals surface area contributed by atoms with Crippen LogP contribution in [-0.4, -0.2) is 37.2 Å². The van der Waals surface area contributed by atoms with Crippen molar-refractivity contribution in [1.29, 1.82) is 0 Å². The van der Waals surface area contributed by atoms with Gasteiger partial charge in [0.05, 0.1) is 6.42 Å². The van der Waals surface area contributed by atoms with Gasteiger partial charge in [-0.2, -0.15) is 0 Å². The van der Waals surface area contributed by atoms with Crippen LogP contribution in [-0.2, 0) is 28.6 Å². The molecule has 1 unspecified atom stereocenters. The third-order valence-electron chi connectivity index (χ3n) is 10.9. The lowest BCUT2D eigenvalue weighted by atomic mass is 10.0. The summed E-state index contributed by atoms with van der Waals surface area (Å²) in [7, 11) is 0. The van der Waals surface area contributed by atoms with Gasteiger partial charge in [-0.3, -0.25) is 14.4 Å². The van der Waals surface area contributed by atoms with Crippen LogP contribution in [0.2, 0.25) is 0 Å². The van der Waals surface area contributed by atoms with Crippen molar-refractivity contribution in [2.45, 2.75) is 264 Å². The van der Waals surface area contributed by atoms with Gasteiger partial charge >= 0.3 is 17.9 Å². The predicted molar refractivity (Wildman–Crippen MR) is 247 cm³/mol. The van der Waals surface area contributed by atoms with Crippen molar-refractivity contribution in [2.24, 2.45) is 0 Å². The van der Waals surface area contributed by atoms with Crippen LogP contribution in [0, 0.1) is 0 Å². The Hall–Kier alpha value is -2.37. The summed E-state index contributed by atoms with van der Waals surface area (Å²) in [4.78, 5) is 37.7. The van der Waals surface area contributed by atoms with Crippen molar-refractivity contribution in [1.82, 2.24) is 0 Å². The van der Waals surface area contributed by atoms with E-state index in [1.54, 1.807) is 6.08 Å². The highest BCUT2D eigenvalue weighted by atomic mass is 16.6. The molecule has 0 bridgehead atoms. The average molecular weight is 815 g/mol. The molecule has 0 aromatic heterocycles. The molecule has 0 rings (SSSR count). The zero-order valence-electron chi connectivity index (χ0n) is 38.6. The van der Waals surface area contributed by atoms with Gasteiger partial charge in [-0.05, 0) is 32.1 Å². The largest absolute Gasteiger partial charge is 0.462 e. The number of esters is 3. The third-order valence-corrected chi connectivity index (χ3v) is 10.9. The molecule has 0 N–H and O–H groups in total. The number of rotatable bonds is 45. The highest BCUT2D eigenvalue weighted by Gasteiger charge is 2.19. The molecule has 6 nitrogen and oxygen atoms in total. The van der Waals surface area contributed by atoms with Crippen molar-refractivity contribution in [3.05, 3.63) is 36.5 Å². The van der Waals surface area contributed by atoms with Gasteiger partial charge in [-0.25, -0.2) is 0 Å². The molecule has 0 heterocycles. The number of allylic oxidation sites excluding steroid dienone is 5. The van der Waals surface area contributed by atoms with E-state index in [1.165, 1.54) is 161 Å². The number of carbonyl (C=O) groups is 3. The summed E-state index contributed by atoms with van der Waals surface area (Å²) >= 11 is 0. The molecule has 0 aliphatic rings. The topological polar surface area (TPSA) is 78.9 Å². The molecule has 0 aliphatic carbocycles. The molecule has 338 valence electrons. The van der Waals surface area contributed by atoms with Crippen molar-refractivity contribution in [2.75, 3.05) is 13.2 Å². The van der Waals surface area contributed by atoms with E-state index in [0.29, 0.717) is 12.8 Å². The highest BCUT2D eigenvalue weighted by molar-refractivity contribution is 5.72. The molecule has 0 aromatic carbocycles. The Bertz CT molecular complexity index is 984. The van der Waals surface area contributed by atoms with Crippen molar-refractivity contribution in [3.8, 4) is 0 Å². The molecule has 58 heavy (non-hydrogen) atoms. The van der Waals surface area contributed by atoms with E-state index in [4.69, 9.17) is 14.2 Å². The van der Waals surface area contributed by atoms with Crippen LogP contribution in [0.15, 0.2) is 36.5 Å². The standard InChI is InChI=1S/C52H94O6/c1-4-7-10-13-16-19-21-23-25-27-28-30-33-36-39-42-45-51(54)57-48-49(47-56-50(53)44-41-38-35-32-18-15-12-9-6-3)58-52(55)46-43-40-37-34-31-29-26-24-22-20-17-14-11-8-5-2/h9,12,18,32,38,41,49H,4-8,10-11,13-17,19-31,33-37,39-40,42-48H2,1-3H3/b12-9-,32-18-,41-38-. The smallest absolute Gasteiger partial charge is 0.309 e. The van der Waals surface area contributed by atoms with Gasteiger partial charge in [0.2, 0.25) is 0 Å². The summed E-state index contributed by atoms with van der Waals surface area (Å²) in [6.07, 6.45) is 54.5. The van der Waals surface area contributed by atoms with Crippen LogP contribution in [0.4, 0.5) is 0 Å². The second-order valence-electron chi connectivity index (χ2n) is 16.7. The number of unbranched alkanes of at least 4 members (excludes halogenated alkanes) is 29. The molecular weight excluding hydrogens is 721 g/mol. The molecule has 0 saturated heterocycles. The van der Waals surface area contributed by atoms with Gasteiger partial charge in [-0.15, -0.1) is 0 Å². The lowest BCUT2D eigenvalue weighted by Gasteiger charge is -2.18. The zero-order valence-corrected chi connectivity index (χ0v) is 38.6. The van der Waals surface area contributed by atoms with Crippen LogP contribution in [0.1, 0.15) is 258 Å². The van der Waals surface area contributed by atoms with E-state index < -0.39 is 12.1 Å². The number of hydrogen-bond donors (Lipinski definition) is 0. The van der Waals surface area contributed by atoms with Crippen LogP contribution in [0.3, 0.4) is 0 Å². The maximum Gasteiger partial charge on any atom is 0.309 e. The third kappa shape index (κ3) is 44.7. The Morgan fingerprint density at radius 2 is 0.672 bits per heavy atom. The average Bonchev–Trinajstić information content (AvgIpc) is 3.22. The van der Waals surface area contributed by atoms with E-state index >= 15 is 0 Å². The maximum absolute atomic E-state index is 12.7. The number of ether oxygens (including phenoxy) is 3. The van der Waals surface area contributed by atoms with Crippen molar-refractivity contribution in [3.63, 3.8) is 0 Å². The first-order valence-corrected chi connectivity index (χ1v) is 25.0. The number of carbonyl (C=O) groups excluding carboxylic acids is 3.